The van der Waals surface area contributed by atoms with Gasteiger partial charge < -0.3 is 14.3 Å². The van der Waals surface area contributed by atoms with Gasteiger partial charge in [0, 0.05) is 23.5 Å². The van der Waals surface area contributed by atoms with Crippen molar-refractivity contribution in [1.82, 2.24) is 4.90 Å². The molecule has 1 aliphatic heterocycles. The van der Waals surface area contributed by atoms with E-state index in [4.69, 9.17) is 14.3 Å². The number of nitrogens with zero attached hydrogens (tertiary/aromatic N) is 2. The number of ether oxygens (including phenoxy) is 2. The lowest BCUT2D eigenvalue weighted by Crippen LogP contribution is -2.54. The molecule has 0 radical (unpaired) electrons. The Kier molecular flexibility index (Phi) is 7.28. The fourth-order valence-corrected chi connectivity index (χ4v) is 2.91. The van der Waals surface area contributed by atoms with Crippen LogP contribution in [0.5, 0.6) is 0 Å². The highest BCUT2D eigenvalue weighted by atomic mass is 32.1. The van der Waals surface area contributed by atoms with E-state index in [2.05, 4.69) is 36.5 Å². The molecule has 0 aliphatic carbocycles. The highest BCUT2D eigenvalue weighted by Crippen LogP contribution is 2.24. The maximum absolute atomic E-state index is 11.5. The highest BCUT2D eigenvalue weighted by Gasteiger charge is 2.35. The van der Waals surface area contributed by atoms with E-state index in [1.165, 1.54) is 0 Å². The molecule has 138 valence electrons. The van der Waals surface area contributed by atoms with Crippen LogP contribution in [-0.4, -0.2) is 61.6 Å². The second-order valence-electron chi connectivity index (χ2n) is 6.22. The summed E-state index contributed by atoms with van der Waals surface area (Å²) in [5, 5.41) is 4.30. The van der Waals surface area contributed by atoms with Crippen LogP contribution in [0, 0.1) is 0 Å². The molecular weight excluding hydrogens is 340 g/mol. The first-order chi connectivity index (χ1) is 11.9. The lowest BCUT2D eigenvalue weighted by molar-refractivity contribution is -0.148. The molecule has 0 aromatic heterocycles. The summed E-state index contributed by atoms with van der Waals surface area (Å²) < 4.78 is 10.3. The van der Waals surface area contributed by atoms with E-state index >= 15 is 0 Å². The molecule has 25 heavy (non-hydrogen) atoms. The van der Waals surface area contributed by atoms with Gasteiger partial charge in [0.1, 0.15) is 5.71 Å². The zero-order valence-electron chi connectivity index (χ0n) is 15.0. The molecule has 1 heterocycles. The number of carbonyl (C=O) groups is 1. The molecule has 6 nitrogen and oxygen atoms in total. The zero-order chi connectivity index (χ0) is 18.3. The number of carbonyl (C=O) groups excluding carboxylic acids is 1. The van der Waals surface area contributed by atoms with Crippen LogP contribution in [0.15, 0.2) is 34.3 Å². The first-order valence-electron chi connectivity index (χ1n) is 8.43. The van der Waals surface area contributed by atoms with Crippen molar-refractivity contribution in [3.8, 4) is 0 Å². The van der Waals surface area contributed by atoms with Crippen LogP contribution in [0.25, 0.3) is 0 Å². The Hall–Kier alpha value is -1.57. The van der Waals surface area contributed by atoms with Gasteiger partial charge >= 0.3 is 5.97 Å². The average Bonchev–Trinajstić information content (AvgIpc) is 2.61. The van der Waals surface area contributed by atoms with Crippen molar-refractivity contribution >= 4 is 24.3 Å². The summed E-state index contributed by atoms with van der Waals surface area (Å²) in [6.45, 7) is 9.07. The smallest absolute Gasteiger partial charge is 0.347 e. The molecule has 0 amide bonds. The number of morpholine rings is 1. The normalized spacial score (nSPS) is 16.6. The predicted octanol–water partition coefficient (Wildman–Crippen LogP) is 2.37. The number of rotatable bonds is 7. The van der Waals surface area contributed by atoms with Crippen molar-refractivity contribution in [3.63, 3.8) is 0 Å². The topological polar surface area (TPSA) is 60.4 Å². The molecule has 0 N–H and O–H groups in total. The minimum atomic E-state index is -0.430. The van der Waals surface area contributed by atoms with Crippen LogP contribution in [0.2, 0.25) is 0 Å². The number of hydrogen-bond donors (Lipinski definition) is 1. The van der Waals surface area contributed by atoms with Gasteiger partial charge in [-0.15, -0.1) is 12.6 Å². The number of esters is 1. The van der Waals surface area contributed by atoms with Crippen LogP contribution in [0.1, 0.15) is 26.3 Å². The summed E-state index contributed by atoms with van der Waals surface area (Å²) in [6, 6.07) is 7.73. The largest absolute Gasteiger partial charge is 0.463 e. The first-order valence-corrected chi connectivity index (χ1v) is 8.88. The first kappa shape index (κ1) is 19.8. The third-order valence-electron chi connectivity index (χ3n) is 4.17. The molecule has 0 atom stereocenters. The molecule has 1 saturated heterocycles. The van der Waals surface area contributed by atoms with Gasteiger partial charge in [-0.1, -0.05) is 17.3 Å². The maximum atomic E-state index is 11.5. The van der Waals surface area contributed by atoms with E-state index in [1.54, 1.807) is 6.92 Å². The Morgan fingerprint density at radius 2 is 1.92 bits per heavy atom. The predicted molar refractivity (Wildman–Crippen MR) is 99.3 cm³/mol. The SMILES string of the molecule is CCOC(=O)CO/N=C(/c1ccc(S)cc1)C(C)(C)N1CCOCC1. The fourth-order valence-electron chi connectivity index (χ4n) is 2.76. The lowest BCUT2D eigenvalue weighted by Gasteiger charge is -2.41. The monoisotopic (exact) mass is 366 g/mol. The quantitative estimate of drug-likeness (QED) is 0.347. The Morgan fingerprint density at radius 1 is 1.28 bits per heavy atom. The number of benzene rings is 1. The summed E-state index contributed by atoms with van der Waals surface area (Å²) in [4.78, 5) is 20.0. The van der Waals surface area contributed by atoms with Crippen molar-refractivity contribution in [2.45, 2.75) is 31.2 Å². The summed E-state index contributed by atoms with van der Waals surface area (Å²) in [5.74, 6) is -0.430. The molecule has 0 unspecified atom stereocenters. The number of hydrogen-bond acceptors (Lipinski definition) is 7. The van der Waals surface area contributed by atoms with Crippen LogP contribution < -0.4 is 0 Å². The average molecular weight is 366 g/mol. The van der Waals surface area contributed by atoms with E-state index < -0.39 is 5.97 Å². The standard InChI is InChI=1S/C18H26N2O4S/c1-4-23-16(21)13-24-19-17(14-5-7-15(25)8-6-14)18(2,3)20-9-11-22-12-10-20/h5-8,25H,4,9-13H2,1-3H3/b19-17-. The van der Waals surface area contributed by atoms with Crippen molar-refractivity contribution in [2.24, 2.45) is 5.16 Å². The van der Waals surface area contributed by atoms with Crippen molar-refractivity contribution < 1.29 is 19.1 Å². The van der Waals surface area contributed by atoms with Gasteiger partial charge in [-0.3, -0.25) is 4.90 Å². The zero-order valence-corrected chi connectivity index (χ0v) is 15.9. The third-order valence-corrected chi connectivity index (χ3v) is 4.46. The van der Waals surface area contributed by atoms with E-state index in [1.807, 2.05) is 24.3 Å². The Balaban J connectivity index is 2.24. The van der Waals surface area contributed by atoms with Gasteiger partial charge in [-0.25, -0.2) is 4.79 Å². The number of oxime groups is 1. The van der Waals surface area contributed by atoms with E-state index in [0.717, 1.165) is 29.3 Å². The fraction of sp³-hybridized carbons (Fsp3) is 0.556. The maximum Gasteiger partial charge on any atom is 0.347 e. The van der Waals surface area contributed by atoms with E-state index in [9.17, 15) is 4.79 Å². The van der Waals surface area contributed by atoms with Gasteiger partial charge in [0.25, 0.3) is 0 Å². The number of thiol groups is 1. The molecule has 0 saturated carbocycles. The van der Waals surface area contributed by atoms with E-state index in [0.29, 0.717) is 19.8 Å². The molecule has 0 bridgehead atoms. The van der Waals surface area contributed by atoms with Crippen molar-refractivity contribution in [2.75, 3.05) is 39.5 Å². The van der Waals surface area contributed by atoms with Gasteiger partial charge in [-0.2, -0.15) is 0 Å². The van der Waals surface area contributed by atoms with Crippen LogP contribution >= 0.6 is 12.6 Å². The second-order valence-corrected chi connectivity index (χ2v) is 6.74. The highest BCUT2D eigenvalue weighted by molar-refractivity contribution is 7.80. The molecule has 1 aromatic rings. The summed E-state index contributed by atoms with van der Waals surface area (Å²) in [6.07, 6.45) is 0. The summed E-state index contributed by atoms with van der Waals surface area (Å²) in [7, 11) is 0. The van der Waals surface area contributed by atoms with Crippen molar-refractivity contribution in [3.05, 3.63) is 29.8 Å². The van der Waals surface area contributed by atoms with Gasteiger partial charge in [0.05, 0.1) is 25.4 Å². The van der Waals surface area contributed by atoms with Crippen LogP contribution in [0.3, 0.4) is 0 Å². The van der Waals surface area contributed by atoms with Crippen LogP contribution in [-0.2, 0) is 19.1 Å². The Labute approximate surface area is 154 Å². The molecule has 0 spiro atoms. The molecule has 1 fully saturated rings. The minimum absolute atomic E-state index is 0.207. The molecule has 2 rings (SSSR count). The molecule has 1 aromatic carbocycles. The minimum Gasteiger partial charge on any atom is -0.463 e. The third kappa shape index (κ3) is 5.45. The van der Waals surface area contributed by atoms with Gasteiger partial charge in [0.15, 0.2) is 0 Å². The van der Waals surface area contributed by atoms with Crippen molar-refractivity contribution in [1.29, 1.82) is 0 Å². The van der Waals surface area contributed by atoms with Gasteiger partial charge in [0.2, 0.25) is 6.61 Å². The molecular formula is C18H26N2O4S. The molecule has 1 aliphatic rings. The van der Waals surface area contributed by atoms with Gasteiger partial charge in [-0.05, 0) is 32.9 Å². The summed E-state index contributed by atoms with van der Waals surface area (Å²) >= 11 is 4.34. The lowest BCUT2D eigenvalue weighted by atomic mass is 9.90. The second kappa shape index (κ2) is 9.22. The summed E-state index contributed by atoms with van der Waals surface area (Å²) in [5.41, 5.74) is 1.31. The Bertz CT molecular complexity index is 596. The molecule has 7 heteroatoms. The van der Waals surface area contributed by atoms with E-state index in [-0.39, 0.29) is 12.1 Å². The van der Waals surface area contributed by atoms with Crippen LogP contribution in [0.4, 0.5) is 0 Å². The Morgan fingerprint density at radius 3 is 2.52 bits per heavy atom.